The van der Waals surface area contributed by atoms with E-state index in [4.69, 9.17) is 0 Å². The van der Waals surface area contributed by atoms with Gasteiger partial charge in [-0.15, -0.1) is 11.8 Å². The Bertz CT molecular complexity index is 805. The fourth-order valence-electron chi connectivity index (χ4n) is 3.68. The molecule has 2 amide bonds. The molecule has 2 aromatic rings. The predicted octanol–water partition coefficient (Wildman–Crippen LogP) is 2.00. The van der Waals surface area contributed by atoms with Gasteiger partial charge in [0.1, 0.15) is 6.04 Å². The molecule has 3 heterocycles. The van der Waals surface area contributed by atoms with Gasteiger partial charge in [0.05, 0.1) is 11.2 Å². The Balaban J connectivity index is 1.34. The van der Waals surface area contributed by atoms with E-state index in [1.165, 1.54) is 5.56 Å². The highest BCUT2D eigenvalue weighted by atomic mass is 32.2. The van der Waals surface area contributed by atoms with E-state index >= 15 is 0 Å². The van der Waals surface area contributed by atoms with Crippen LogP contribution in [0.4, 0.5) is 0 Å². The first-order chi connectivity index (χ1) is 12.5. The summed E-state index contributed by atoms with van der Waals surface area (Å²) in [7, 11) is 0. The molecule has 2 atom stereocenters. The van der Waals surface area contributed by atoms with Crippen molar-refractivity contribution in [3.8, 4) is 0 Å². The van der Waals surface area contributed by atoms with Crippen LogP contribution in [0, 0.1) is 0 Å². The number of carbonyl (C=O) groups excluding carboxylic acids is 2. The number of nitrogens with zero attached hydrogens (tertiary/aromatic N) is 3. The Kier molecular flexibility index (Phi) is 4.48. The van der Waals surface area contributed by atoms with Crippen molar-refractivity contribution in [3.05, 3.63) is 54.1 Å². The van der Waals surface area contributed by atoms with Gasteiger partial charge in [-0.3, -0.25) is 9.59 Å². The fraction of sp³-hybridized carbons (Fsp3) is 0.421. The van der Waals surface area contributed by atoms with Crippen molar-refractivity contribution < 1.29 is 9.59 Å². The molecule has 0 saturated carbocycles. The van der Waals surface area contributed by atoms with E-state index in [-0.39, 0.29) is 22.7 Å². The largest absolute Gasteiger partial charge is 0.350 e. The van der Waals surface area contributed by atoms with Gasteiger partial charge in [0.2, 0.25) is 11.8 Å². The van der Waals surface area contributed by atoms with Crippen LogP contribution in [0.15, 0.2) is 43.0 Å². The average Bonchev–Trinajstić information content (AvgIpc) is 3.33. The van der Waals surface area contributed by atoms with Crippen LogP contribution in [-0.4, -0.2) is 42.9 Å². The number of aromatic nitrogens is 2. The van der Waals surface area contributed by atoms with Crippen LogP contribution in [0.2, 0.25) is 0 Å². The molecule has 2 saturated heterocycles. The van der Waals surface area contributed by atoms with Gasteiger partial charge in [-0.1, -0.05) is 24.3 Å². The van der Waals surface area contributed by atoms with E-state index in [2.05, 4.69) is 29.4 Å². The first-order valence-corrected chi connectivity index (χ1v) is 9.81. The molecule has 6 nitrogen and oxygen atoms in total. The lowest BCUT2D eigenvalue weighted by Gasteiger charge is -2.29. The standard InChI is InChI=1S/C19H22N4O2S/c1-19-7-6-17(24)23(19)16(12-26-19)18(25)21-10-14-2-4-15(5-3-14)11-22-9-8-20-13-22/h2-5,8-9,13,16H,6-7,10-12H2,1H3,(H,21,25). The van der Waals surface area contributed by atoms with E-state index in [0.717, 1.165) is 18.5 Å². The molecular formula is C19H22N4O2S. The lowest BCUT2D eigenvalue weighted by atomic mass is 10.1. The Hall–Kier alpha value is -2.28. The monoisotopic (exact) mass is 370 g/mol. The lowest BCUT2D eigenvalue weighted by molar-refractivity contribution is -0.138. The lowest BCUT2D eigenvalue weighted by Crippen LogP contribution is -2.49. The van der Waals surface area contributed by atoms with Crippen LogP contribution < -0.4 is 5.32 Å². The second-order valence-electron chi connectivity index (χ2n) is 7.03. The van der Waals surface area contributed by atoms with Crippen LogP contribution in [-0.2, 0) is 22.7 Å². The SMILES string of the molecule is CC12CCC(=O)N1C(C(=O)NCc1ccc(Cn3ccnc3)cc1)CS2. The first kappa shape index (κ1) is 17.1. The minimum atomic E-state index is -0.347. The molecule has 0 bridgehead atoms. The van der Waals surface area contributed by atoms with Crippen molar-refractivity contribution in [2.75, 3.05) is 5.75 Å². The number of fused-ring (bicyclic) bond motifs is 1. The highest BCUT2D eigenvalue weighted by Gasteiger charge is 2.52. The second kappa shape index (κ2) is 6.79. The van der Waals surface area contributed by atoms with Crippen molar-refractivity contribution in [2.45, 2.75) is 43.8 Å². The summed E-state index contributed by atoms with van der Waals surface area (Å²) in [5.41, 5.74) is 2.23. The minimum Gasteiger partial charge on any atom is -0.350 e. The van der Waals surface area contributed by atoms with E-state index in [9.17, 15) is 9.59 Å². The normalized spacial score (nSPS) is 24.7. The zero-order valence-corrected chi connectivity index (χ0v) is 15.5. The summed E-state index contributed by atoms with van der Waals surface area (Å²) < 4.78 is 2.01. The van der Waals surface area contributed by atoms with Crippen molar-refractivity contribution in [3.63, 3.8) is 0 Å². The maximum atomic E-state index is 12.6. The topological polar surface area (TPSA) is 67.2 Å². The molecule has 0 aliphatic carbocycles. The van der Waals surface area contributed by atoms with Gasteiger partial charge in [-0.2, -0.15) is 0 Å². The highest BCUT2D eigenvalue weighted by molar-refractivity contribution is 8.01. The molecule has 1 aromatic heterocycles. The first-order valence-electron chi connectivity index (χ1n) is 8.82. The highest BCUT2D eigenvalue weighted by Crippen LogP contribution is 2.47. The summed E-state index contributed by atoms with van der Waals surface area (Å²) in [4.78, 5) is 30.4. The zero-order chi connectivity index (χ0) is 18.1. The number of nitrogens with one attached hydrogen (secondary N) is 1. The van der Waals surface area contributed by atoms with E-state index in [1.54, 1.807) is 29.2 Å². The molecule has 0 spiro atoms. The molecule has 1 N–H and O–H groups in total. The van der Waals surface area contributed by atoms with Crippen LogP contribution in [0.1, 0.15) is 30.9 Å². The second-order valence-corrected chi connectivity index (χ2v) is 8.54. The van der Waals surface area contributed by atoms with Gasteiger partial charge < -0.3 is 14.8 Å². The Morgan fingerprint density at radius 2 is 2.12 bits per heavy atom. The number of amides is 2. The third-order valence-corrected chi connectivity index (χ3v) is 6.67. The molecular weight excluding hydrogens is 348 g/mol. The third kappa shape index (κ3) is 3.23. The Morgan fingerprint density at radius 1 is 1.35 bits per heavy atom. The molecule has 2 aliphatic rings. The fourth-order valence-corrected chi connectivity index (χ4v) is 5.11. The van der Waals surface area contributed by atoms with Gasteiger partial charge in [0.25, 0.3) is 0 Å². The van der Waals surface area contributed by atoms with Gasteiger partial charge in [0.15, 0.2) is 0 Å². The zero-order valence-electron chi connectivity index (χ0n) is 14.7. The summed E-state index contributed by atoms with van der Waals surface area (Å²) in [6.07, 6.45) is 6.87. The van der Waals surface area contributed by atoms with E-state index in [0.29, 0.717) is 18.7 Å². The Morgan fingerprint density at radius 3 is 2.85 bits per heavy atom. The van der Waals surface area contributed by atoms with E-state index in [1.807, 2.05) is 22.9 Å². The van der Waals surface area contributed by atoms with Crippen molar-refractivity contribution in [1.29, 1.82) is 0 Å². The maximum absolute atomic E-state index is 12.6. The molecule has 1 aromatic carbocycles. The number of benzene rings is 1. The number of imidazole rings is 1. The molecule has 136 valence electrons. The molecule has 4 rings (SSSR count). The number of carbonyl (C=O) groups is 2. The van der Waals surface area contributed by atoms with Gasteiger partial charge in [-0.05, 0) is 24.5 Å². The predicted molar refractivity (Wildman–Crippen MR) is 100 cm³/mol. The molecule has 7 heteroatoms. The summed E-state index contributed by atoms with van der Waals surface area (Å²) >= 11 is 1.72. The summed E-state index contributed by atoms with van der Waals surface area (Å²) in [6, 6.07) is 7.84. The summed E-state index contributed by atoms with van der Waals surface area (Å²) in [5, 5.41) is 2.99. The molecule has 2 aliphatic heterocycles. The number of hydrogen-bond donors (Lipinski definition) is 1. The molecule has 26 heavy (non-hydrogen) atoms. The van der Waals surface area contributed by atoms with Crippen molar-refractivity contribution in [1.82, 2.24) is 19.8 Å². The van der Waals surface area contributed by atoms with Gasteiger partial charge in [0, 0.05) is 37.7 Å². The third-order valence-electron chi connectivity index (χ3n) is 5.16. The summed E-state index contributed by atoms with van der Waals surface area (Å²) in [6.45, 7) is 3.32. The quantitative estimate of drug-likeness (QED) is 0.874. The Labute approximate surface area is 157 Å². The number of thioether (sulfide) groups is 1. The van der Waals surface area contributed by atoms with Crippen LogP contribution in [0.25, 0.3) is 0 Å². The molecule has 0 radical (unpaired) electrons. The van der Waals surface area contributed by atoms with Crippen LogP contribution in [0.5, 0.6) is 0 Å². The van der Waals surface area contributed by atoms with Gasteiger partial charge >= 0.3 is 0 Å². The number of hydrogen-bond acceptors (Lipinski definition) is 4. The molecule has 2 unspecified atom stereocenters. The smallest absolute Gasteiger partial charge is 0.243 e. The molecule has 2 fully saturated rings. The van der Waals surface area contributed by atoms with Crippen molar-refractivity contribution >= 4 is 23.6 Å². The average molecular weight is 370 g/mol. The van der Waals surface area contributed by atoms with Crippen LogP contribution >= 0.6 is 11.8 Å². The van der Waals surface area contributed by atoms with Crippen molar-refractivity contribution in [2.24, 2.45) is 0 Å². The summed E-state index contributed by atoms with van der Waals surface area (Å²) in [5.74, 6) is 0.721. The minimum absolute atomic E-state index is 0.0565. The van der Waals surface area contributed by atoms with Crippen LogP contribution in [0.3, 0.4) is 0 Å². The van der Waals surface area contributed by atoms with Gasteiger partial charge in [-0.25, -0.2) is 4.98 Å². The number of rotatable bonds is 5. The maximum Gasteiger partial charge on any atom is 0.243 e. The van der Waals surface area contributed by atoms with E-state index < -0.39 is 0 Å².